The number of nitrogens with one attached hydrogen (secondary N) is 1. The van der Waals surface area contributed by atoms with Crippen molar-refractivity contribution in [1.82, 2.24) is 5.32 Å². The third kappa shape index (κ3) is 2.37. The number of barbiturate groups is 1. The Morgan fingerprint density at radius 3 is 2.33 bits per heavy atom. The summed E-state index contributed by atoms with van der Waals surface area (Å²) in [5.41, 5.74) is 1.12. The zero-order valence-electron chi connectivity index (χ0n) is 12.9. The smallest absolute Gasteiger partial charge is 0.335 e. The summed E-state index contributed by atoms with van der Waals surface area (Å²) in [5, 5.41) is 2.23. The molecule has 0 spiro atoms. The molecule has 21 heavy (non-hydrogen) atoms. The van der Waals surface area contributed by atoms with Crippen LogP contribution in [0.25, 0.3) is 0 Å². The van der Waals surface area contributed by atoms with E-state index in [0.717, 1.165) is 16.2 Å². The molecule has 1 N–H and O–H groups in total. The lowest BCUT2D eigenvalue weighted by atomic mass is 9.88. The molecule has 1 aromatic carbocycles. The first-order valence-corrected chi connectivity index (χ1v) is 6.64. The molecule has 1 saturated heterocycles. The maximum Gasteiger partial charge on any atom is 0.335 e. The third-order valence-corrected chi connectivity index (χ3v) is 3.66. The molecule has 1 aliphatic rings. The van der Waals surface area contributed by atoms with E-state index in [9.17, 15) is 14.4 Å². The molecular formula is C15H19N3O3. The minimum absolute atomic E-state index is 0.451. The summed E-state index contributed by atoms with van der Waals surface area (Å²) in [7, 11) is 3.77. The van der Waals surface area contributed by atoms with Gasteiger partial charge in [-0.2, -0.15) is 0 Å². The Kier molecular flexibility index (Phi) is 3.49. The Morgan fingerprint density at radius 2 is 1.76 bits per heavy atom. The van der Waals surface area contributed by atoms with Crippen LogP contribution in [0.5, 0.6) is 0 Å². The maximum absolute atomic E-state index is 12.5. The van der Waals surface area contributed by atoms with Gasteiger partial charge in [0.25, 0.3) is 0 Å². The molecular weight excluding hydrogens is 270 g/mol. The van der Waals surface area contributed by atoms with Crippen LogP contribution < -0.4 is 15.1 Å². The Labute approximate surface area is 123 Å². The molecule has 1 fully saturated rings. The van der Waals surface area contributed by atoms with Crippen LogP contribution in [0.15, 0.2) is 18.2 Å². The highest BCUT2D eigenvalue weighted by atomic mass is 16.2. The minimum Gasteiger partial charge on any atom is -0.377 e. The average molecular weight is 289 g/mol. The predicted molar refractivity (Wildman–Crippen MR) is 80.3 cm³/mol. The van der Waals surface area contributed by atoms with Gasteiger partial charge in [0, 0.05) is 19.8 Å². The summed E-state index contributed by atoms with van der Waals surface area (Å²) in [6.07, 6.45) is 0. The SMILES string of the molecule is Cc1ccc(N2C(=O)NC(=O)C(C)(C)C2=O)cc1N(C)C. The normalized spacial score (nSPS) is 17.8. The summed E-state index contributed by atoms with van der Waals surface area (Å²) < 4.78 is 0. The monoisotopic (exact) mass is 289 g/mol. The maximum atomic E-state index is 12.5. The molecule has 0 atom stereocenters. The second-order valence-corrected chi connectivity index (χ2v) is 5.89. The first-order chi connectivity index (χ1) is 9.66. The number of imide groups is 2. The van der Waals surface area contributed by atoms with Gasteiger partial charge in [0.05, 0.1) is 5.69 Å². The Morgan fingerprint density at radius 1 is 1.14 bits per heavy atom. The van der Waals surface area contributed by atoms with Gasteiger partial charge in [0.1, 0.15) is 5.41 Å². The summed E-state index contributed by atoms with van der Waals surface area (Å²) in [6.45, 7) is 4.96. The van der Waals surface area contributed by atoms with E-state index in [-0.39, 0.29) is 0 Å². The molecule has 6 nitrogen and oxygen atoms in total. The molecule has 0 unspecified atom stereocenters. The zero-order chi connectivity index (χ0) is 15.9. The zero-order valence-corrected chi connectivity index (χ0v) is 12.9. The van der Waals surface area contributed by atoms with Crippen molar-refractivity contribution >= 4 is 29.2 Å². The molecule has 4 amide bonds. The Balaban J connectivity index is 2.50. The second-order valence-electron chi connectivity index (χ2n) is 5.89. The van der Waals surface area contributed by atoms with Gasteiger partial charge in [-0.15, -0.1) is 0 Å². The number of aryl methyl sites for hydroxylation is 1. The standard InChI is InChI=1S/C15H19N3O3/c1-9-6-7-10(8-11(9)17(4)5)18-13(20)15(2,3)12(19)16-14(18)21/h6-8H,1-5H3,(H,16,19,21). The number of carbonyl (C=O) groups excluding carboxylic acids is 3. The van der Waals surface area contributed by atoms with E-state index in [2.05, 4.69) is 5.32 Å². The van der Waals surface area contributed by atoms with Crippen molar-refractivity contribution in [2.75, 3.05) is 23.9 Å². The Bertz CT molecular complexity index is 635. The van der Waals surface area contributed by atoms with Crippen molar-refractivity contribution in [3.05, 3.63) is 23.8 Å². The first-order valence-electron chi connectivity index (χ1n) is 6.64. The van der Waals surface area contributed by atoms with E-state index in [0.29, 0.717) is 5.69 Å². The van der Waals surface area contributed by atoms with Gasteiger partial charge in [-0.25, -0.2) is 9.69 Å². The lowest BCUT2D eigenvalue weighted by Gasteiger charge is -2.34. The third-order valence-electron chi connectivity index (χ3n) is 3.66. The van der Waals surface area contributed by atoms with E-state index < -0.39 is 23.3 Å². The topological polar surface area (TPSA) is 69.7 Å². The summed E-state index contributed by atoms with van der Waals surface area (Å²) in [4.78, 5) is 39.2. The largest absolute Gasteiger partial charge is 0.377 e. The van der Waals surface area contributed by atoms with Crippen LogP contribution in [0.2, 0.25) is 0 Å². The van der Waals surface area contributed by atoms with E-state index in [1.165, 1.54) is 13.8 Å². The highest BCUT2D eigenvalue weighted by Gasteiger charge is 2.47. The lowest BCUT2D eigenvalue weighted by Crippen LogP contribution is -2.62. The predicted octanol–water partition coefficient (Wildman–Crippen LogP) is 1.67. The van der Waals surface area contributed by atoms with Gasteiger partial charge in [-0.05, 0) is 38.5 Å². The fourth-order valence-corrected chi connectivity index (χ4v) is 2.23. The number of rotatable bonds is 2. The molecule has 0 aromatic heterocycles. The van der Waals surface area contributed by atoms with Crippen LogP contribution in [-0.2, 0) is 9.59 Å². The van der Waals surface area contributed by atoms with Crippen LogP contribution in [0, 0.1) is 12.3 Å². The molecule has 1 aromatic rings. The van der Waals surface area contributed by atoms with Crippen LogP contribution in [0.3, 0.4) is 0 Å². The van der Waals surface area contributed by atoms with Crippen LogP contribution in [0.4, 0.5) is 16.2 Å². The summed E-state index contributed by atoms with van der Waals surface area (Å²) >= 11 is 0. The molecule has 112 valence electrons. The number of anilines is 2. The number of carbonyl (C=O) groups is 3. The van der Waals surface area contributed by atoms with Crippen LogP contribution in [0.1, 0.15) is 19.4 Å². The number of hydrogen-bond acceptors (Lipinski definition) is 4. The fourth-order valence-electron chi connectivity index (χ4n) is 2.23. The highest BCUT2D eigenvalue weighted by molar-refractivity contribution is 6.29. The van der Waals surface area contributed by atoms with Crippen molar-refractivity contribution in [3.8, 4) is 0 Å². The van der Waals surface area contributed by atoms with Crippen molar-refractivity contribution in [2.24, 2.45) is 5.41 Å². The van der Waals surface area contributed by atoms with Crippen molar-refractivity contribution in [2.45, 2.75) is 20.8 Å². The van der Waals surface area contributed by atoms with Gasteiger partial charge < -0.3 is 4.90 Å². The second kappa shape index (κ2) is 4.87. The molecule has 6 heteroatoms. The number of benzene rings is 1. The van der Waals surface area contributed by atoms with Crippen LogP contribution >= 0.6 is 0 Å². The summed E-state index contributed by atoms with van der Waals surface area (Å²) in [6, 6.07) is 4.59. The Hall–Kier alpha value is -2.37. The van der Waals surface area contributed by atoms with Crippen molar-refractivity contribution < 1.29 is 14.4 Å². The molecule has 0 saturated carbocycles. The van der Waals surface area contributed by atoms with Gasteiger partial charge in [0.2, 0.25) is 11.8 Å². The average Bonchev–Trinajstić information content (AvgIpc) is 2.38. The van der Waals surface area contributed by atoms with E-state index in [4.69, 9.17) is 0 Å². The molecule has 0 bridgehead atoms. The van der Waals surface area contributed by atoms with Gasteiger partial charge >= 0.3 is 6.03 Å². The van der Waals surface area contributed by atoms with E-state index in [1.807, 2.05) is 32.0 Å². The highest BCUT2D eigenvalue weighted by Crippen LogP contribution is 2.31. The summed E-state index contributed by atoms with van der Waals surface area (Å²) in [5.74, 6) is -1.10. The fraction of sp³-hybridized carbons (Fsp3) is 0.400. The first kappa shape index (κ1) is 15.0. The lowest BCUT2D eigenvalue weighted by molar-refractivity contribution is -0.140. The minimum atomic E-state index is -1.27. The molecule has 0 aliphatic carbocycles. The number of nitrogens with zero attached hydrogens (tertiary/aromatic N) is 2. The van der Waals surface area contributed by atoms with Gasteiger partial charge in [-0.1, -0.05) is 6.07 Å². The van der Waals surface area contributed by atoms with Crippen molar-refractivity contribution in [1.29, 1.82) is 0 Å². The number of amides is 4. The molecule has 1 heterocycles. The molecule has 1 aliphatic heterocycles. The quantitative estimate of drug-likeness (QED) is 0.841. The number of hydrogen-bond donors (Lipinski definition) is 1. The van der Waals surface area contributed by atoms with Crippen LogP contribution in [-0.4, -0.2) is 31.9 Å². The van der Waals surface area contributed by atoms with Crippen molar-refractivity contribution in [3.63, 3.8) is 0 Å². The molecule has 2 rings (SSSR count). The van der Waals surface area contributed by atoms with E-state index >= 15 is 0 Å². The van der Waals surface area contributed by atoms with Gasteiger partial charge in [0.15, 0.2) is 0 Å². The molecule has 0 radical (unpaired) electrons. The number of urea groups is 1. The van der Waals surface area contributed by atoms with Gasteiger partial charge in [-0.3, -0.25) is 14.9 Å². The van der Waals surface area contributed by atoms with E-state index in [1.54, 1.807) is 12.1 Å².